The van der Waals surface area contributed by atoms with Gasteiger partial charge in [-0.3, -0.25) is 10.1 Å². The number of nitrogens with zero attached hydrogens (tertiary/aromatic N) is 2. The average molecular weight is 205 g/mol. The molecule has 1 rings (SSSR count). The highest BCUT2D eigenvalue weighted by molar-refractivity contribution is 5.62. The van der Waals surface area contributed by atoms with Crippen molar-refractivity contribution in [2.45, 2.75) is 0 Å². The number of nitrogen functional groups attached to an aromatic ring is 1. The zero-order chi connectivity index (χ0) is 11.4. The summed E-state index contributed by atoms with van der Waals surface area (Å²) in [5.41, 5.74) is 4.29. The van der Waals surface area contributed by atoms with Gasteiger partial charge in [-0.05, 0) is 5.92 Å². The smallest absolute Gasteiger partial charge is 0.293 e. The fraction of sp³-hybridized carbons (Fsp3) is 0. The lowest BCUT2D eigenvalue weighted by Gasteiger charge is -1.98. The van der Waals surface area contributed by atoms with E-state index in [-0.39, 0.29) is 11.3 Å². The summed E-state index contributed by atoms with van der Waals surface area (Å²) in [7, 11) is 0. The van der Waals surface area contributed by atoms with Crippen molar-refractivity contribution in [3.05, 3.63) is 33.6 Å². The predicted octanol–water partition coefficient (Wildman–Crippen LogP) is 1.19. The van der Waals surface area contributed by atoms with E-state index in [1.54, 1.807) is 0 Å². The van der Waals surface area contributed by atoms with Crippen LogP contribution in [0.3, 0.4) is 0 Å². The van der Waals surface area contributed by atoms with Crippen molar-refractivity contribution in [2.75, 3.05) is 5.73 Å². The highest BCUT2D eigenvalue weighted by Crippen LogP contribution is 2.24. The number of nitriles is 1. The normalized spacial score (nSPS) is 8.53. The van der Waals surface area contributed by atoms with E-state index in [0.29, 0.717) is 0 Å². The average Bonchev–Trinajstić information content (AvgIpc) is 2.16. The highest BCUT2D eigenvalue weighted by atomic mass is 19.1. The molecule has 0 fully saturated rings. The third-order valence-corrected chi connectivity index (χ3v) is 1.57. The Hall–Kier alpha value is -2.60. The van der Waals surface area contributed by atoms with Crippen LogP contribution in [0.4, 0.5) is 15.8 Å². The van der Waals surface area contributed by atoms with Crippen LogP contribution in [0.1, 0.15) is 5.56 Å². The van der Waals surface area contributed by atoms with Crippen molar-refractivity contribution in [1.29, 1.82) is 5.26 Å². The van der Waals surface area contributed by atoms with Gasteiger partial charge in [0.25, 0.3) is 5.69 Å². The van der Waals surface area contributed by atoms with Gasteiger partial charge in [0.2, 0.25) is 0 Å². The van der Waals surface area contributed by atoms with Crippen LogP contribution >= 0.6 is 0 Å². The Kier molecular flexibility index (Phi) is 2.85. The number of nitro benzene ring substituents is 1. The summed E-state index contributed by atoms with van der Waals surface area (Å²) in [5, 5.41) is 18.6. The van der Waals surface area contributed by atoms with E-state index in [9.17, 15) is 14.5 Å². The molecule has 0 unspecified atom stereocenters. The molecule has 0 amide bonds. The lowest BCUT2D eigenvalue weighted by molar-refractivity contribution is -0.384. The number of benzene rings is 1. The molecule has 0 aliphatic heterocycles. The number of hydrogen-bond acceptors (Lipinski definition) is 4. The van der Waals surface area contributed by atoms with Gasteiger partial charge in [-0.1, -0.05) is 0 Å². The van der Waals surface area contributed by atoms with E-state index in [1.165, 1.54) is 6.07 Å². The van der Waals surface area contributed by atoms with Crippen molar-refractivity contribution in [2.24, 2.45) is 0 Å². The molecule has 6 heteroatoms. The maximum absolute atomic E-state index is 13.1. The van der Waals surface area contributed by atoms with Crippen LogP contribution in [-0.4, -0.2) is 4.92 Å². The minimum absolute atomic E-state index is 0.225. The standard InChI is InChI=1S/C9H4FN3O2/c10-7-5-8(12)9(13(14)15)4-6(7)2-1-3-11/h4-5H,12H2. The largest absolute Gasteiger partial charge is 0.393 e. The first kappa shape index (κ1) is 10.5. The van der Waals surface area contributed by atoms with Crippen molar-refractivity contribution in [3.8, 4) is 17.9 Å². The zero-order valence-corrected chi connectivity index (χ0v) is 7.32. The van der Waals surface area contributed by atoms with E-state index in [2.05, 4.69) is 5.92 Å². The molecular weight excluding hydrogens is 201 g/mol. The molecule has 15 heavy (non-hydrogen) atoms. The first-order chi connectivity index (χ1) is 7.06. The Labute approximate surface area is 84.1 Å². The van der Waals surface area contributed by atoms with Crippen LogP contribution in [0, 0.1) is 39.1 Å². The van der Waals surface area contributed by atoms with E-state index in [0.717, 1.165) is 12.1 Å². The summed E-state index contributed by atoms with van der Waals surface area (Å²) >= 11 is 0. The monoisotopic (exact) mass is 205 g/mol. The third kappa shape index (κ3) is 2.20. The quantitative estimate of drug-likeness (QED) is 0.322. The van der Waals surface area contributed by atoms with Gasteiger partial charge in [0.1, 0.15) is 11.5 Å². The summed E-state index contributed by atoms with van der Waals surface area (Å²) in [6.07, 6.45) is 0. The predicted molar refractivity (Wildman–Crippen MR) is 50.0 cm³/mol. The van der Waals surface area contributed by atoms with Crippen LogP contribution in [0.5, 0.6) is 0 Å². The zero-order valence-electron chi connectivity index (χ0n) is 7.32. The fourth-order valence-corrected chi connectivity index (χ4v) is 0.926. The SMILES string of the molecule is N#CC#Cc1cc([N+](=O)[O-])c(N)cc1F. The molecule has 0 saturated heterocycles. The van der Waals surface area contributed by atoms with Gasteiger partial charge < -0.3 is 5.73 Å². The van der Waals surface area contributed by atoms with Gasteiger partial charge >= 0.3 is 0 Å². The van der Waals surface area contributed by atoms with Crippen molar-refractivity contribution in [1.82, 2.24) is 0 Å². The summed E-state index contributed by atoms with van der Waals surface area (Å²) in [6.45, 7) is 0. The highest BCUT2D eigenvalue weighted by Gasteiger charge is 2.15. The Morgan fingerprint density at radius 1 is 1.53 bits per heavy atom. The van der Waals surface area contributed by atoms with Crippen LogP contribution in [0.25, 0.3) is 0 Å². The minimum atomic E-state index is -0.791. The van der Waals surface area contributed by atoms with Gasteiger partial charge in [-0.25, -0.2) is 4.39 Å². The molecule has 2 N–H and O–H groups in total. The summed E-state index contributed by atoms with van der Waals surface area (Å²) in [6, 6.07) is 3.18. The fourth-order valence-electron chi connectivity index (χ4n) is 0.926. The maximum Gasteiger partial charge on any atom is 0.293 e. The molecule has 0 aromatic heterocycles. The van der Waals surface area contributed by atoms with Gasteiger partial charge in [0.05, 0.1) is 10.5 Å². The topological polar surface area (TPSA) is 92.9 Å². The number of nitro groups is 1. The van der Waals surface area contributed by atoms with Crippen LogP contribution < -0.4 is 5.73 Å². The molecule has 5 nitrogen and oxygen atoms in total. The van der Waals surface area contributed by atoms with Crippen LogP contribution in [-0.2, 0) is 0 Å². The Balaban J connectivity index is 3.37. The van der Waals surface area contributed by atoms with E-state index >= 15 is 0 Å². The van der Waals surface area contributed by atoms with Gasteiger partial charge in [-0.15, -0.1) is 0 Å². The molecule has 0 atom stereocenters. The number of nitrogens with two attached hydrogens (primary N) is 1. The Bertz CT molecular complexity index is 523. The number of anilines is 1. The van der Waals surface area contributed by atoms with Crippen LogP contribution in [0.15, 0.2) is 12.1 Å². The van der Waals surface area contributed by atoms with Gasteiger partial charge in [-0.2, -0.15) is 5.26 Å². The second-order valence-electron chi connectivity index (χ2n) is 2.51. The van der Waals surface area contributed by atoms with Crippen molar-refractivity contribution in [3.63, 3.8) is 0 Å². The third-order valence-electron chi connectivity index (χ3n) is 1.57. The molecule has 0 spiro atoms. The van der Waals surface area contributed by atoms with Crippen molar-refractivity contribution < 1.29 is 9.31 Å². The molecule has 0 radical (unpaired) electrons. The molecule has 0 heterocycles. The Morgan fingerprint density at radius 3 is 2.73 bits per heavy atom. The van der Waals surface area contributed by atoms with Crippen LogP contribution in [0.2, 0.25) is 0 Å². The maximum atomic E-state index is 13.1. The van der Waals surface area contributed by atoms with E-state index < -0.39 is 16.4 Å². The summed E-state index contributed by atoms with van der Waals surface area (Å²) < 4.78 is 13.1. The number of hydrogen-bond donors (Lipinski definition) is 1. The second-order valence-corrected chi connectivity index (χ2v) is 2.51. The number of rotatable bonds is 1. The molecule has 1 aromatic rings. The molecule has 0 bridgehead atoms. The van der Waals surface area contributed by atoms with E-state index in [4.69, 9.17) is 11.0 Å². The van der Waals surface area contributed by atoms with Gasteiger partial charge in [0.15, 0.2) is 6.07 Å². The summed E-state index contributed by atoms with van der Waals surface area (Å²) in [4.78, 5) is 9.71. The Morgan fingerprint density at radius 2 is 2.20 bits per heavy atom. The number of halogens is 1. The van der Waals surface area contributed by atoms with Gasteiger partial charge in [0, 0.05) is 18.1 Å². The molecular formula is C9H4FN3O2. The minimum Gasteiger partial charge on any atom is -0.393 e. The van der Waals surface area contributed by atoms with Crippen molar-refractivity contribution >= 4 is 11.4 Å². The lowest BCUT2D eigenvalue weighted by atomic mass is 10.1. The van der Waals surface area contributed by atoms with E-state index in [1.807, 2.05) is 5.92 Å². The molecule has 0 saturated carbocycles. The first-order valence-electron chi connectivity index (χ1n) is 3.69. The lowest BCUT2D eigenvalue weighted by Crippen LogP contribution is -1.98. The summed E-state index contributed by atoms with van der Waals surface area (Å²) in [5.74, 6) is 3.29. The first-order valence-corrected chi connectivity index (χ1v) is 3.69. The molecule has 74 valence electrons. The second kappa shape index (κ2) is 4.07. The molecule has 0 aliphatic carbocycles. The molecule has 1 aromatic carbocycles. The molecule has 0 aliphatic rings.